The van der Waals surface area contributed by atoms with E-state index in [9.17, 15) is 18.9 Å². The molecule has 0 aliphatic carbocycles. The quantitative estimate of drug-likeness (QED) is 0.688. The van der Waals surface area contributed by atoms with Crippen LogP contribution < -0.4 is 5.32 Å². The number of nitro benzene ring substituents is 1. The smallest absolute Gasteiger partial charge is 0.295 e. The van der Waals surface area contributed by atoms with Gasteiger partial charge in [0.15, 0.2) is 17.3 Å². The molecular formula is C12H11F2N3O3. The van der Waals surface area contributed by atoms with Gasteiger partial charge in [-0.2, -0.15) is 0 Å². The first kappa shape index (κ1) is 13.9. The number of nitrogens with one attached hydrogen (secondary N) is 1. The van der Waals surface area contributed by atoms with Gasteiger partial charge in [0.1, 0.15) is 5.76 Å². The molecule has 0 unspecified atom stereocenters. The molecule has 1 N–H and O–H groups in total. The summed E-state index contributed by atoms with van der Waals surface area (Å²) in [6.07, 6.45) is 0. The fourth-order valence-electron chi connectivity index (χ4n) is 1.79. The first-order valence-electron chi connectivity index (χ1n) is 5.69. The van der Waals surface area contributed by atoms with E-state index in [1.807, 2.05) is 0 Å². The molecule has 0 aliphatic rings. The molecule has 0 bridgehead atoms. The zero-order chi connectivity index (χ0) is 14.9. The Morgan fingerprint density at radius 1 is 1.40 bits per heavy atom. The minimum Gasteiger partial charge on any atom is -0.373 e. The molecule has 0 amide bonds. The molecule has 0 saturated carbocycles. The van der Waals surface area contributed by atoms with Gasteiger partial charge in [0.25, 0.3) is 5.69 Å². The van der Waals surface area contributed by atoms with Crippen molar-refractivity contribution in [3.05, 3.63) is 50.9 Å². The topological polar surface area (TPSA) is 81.2 Å². The van der Waals surface area contributed by atoms with E-state index >= 15 is 0 Å². The van der Waals surface area contributed by atoms with Gasteiger partial charge in [-0.3, -0.25) is 10.1 Å². The monoisotopic (exact) mass is 283 g/mol. The molecule has 1 aromatic carbocycles. The molecule has 2 aromatic rings. The molecule has 106 valence electrons. The highest BCUT2D eigenvalue weighted by atomic mass is 19.2. The van der Waals surface area contributed by atoms with Crippen LogP contribution in [0.4, 0.5) is 20.2 Å². The first-order valence-corrected chi connectivity index (χ1v) is 5.69. The Balaban J connectivity index is 2.34. The molecule has 0 atom stereocenters. The van der Waals surface area contributed by atoms with Crippen LogP contribution in [0, 0.1) is 35.6 Å². The average molecular weight is 283 g/mol. The highest BCUT2D eigenvalue weighted by Gasteiger charge is 2.22. The van der Waals surface area contributed by atoms with Crippen molar-refractivity contribution < 1.29 is 18.2 Å². The molecule has 2 rings (SSSR count). The predicted molar refractivity (Wildman–Crippen MR) is 66.3 cm³/mol. The predicted octanol–water partition coefficient (Wildman–Crippen LogP) is 3.09. The Morgan fingerprint density at radius 3 is 2.65 bits per heavy atom. The van der Waals surface area contributed by atoms with E-state index in [-0.39, 0.29) is 6.54 Å². The van der Waals surface area contributed by atoms with Gasteiger partial charge in [-0.1, -0.05) is 5.16 Å². The maximum atomic E-state index is 13.7. The fraction of sp³-hybridized carbons (Fsp3) is 0.250. The second kappa shape index (κ2) is 5.24. The lowest BCUT2D eigenvalue weighted by Crippen LogP contribution is -2.07. The van der Waals surface area contributed by atoms with Crippen molar-refractivity contribution in [3.63, 3.8) is 0 Å². The highest BCUT2D eigenvalue weighted by molar-refractivity contribution is 5.62. The van der Waals surface area contributed by atoms with E-state index in [1.54, 1.807) is 13.8 Å². The Labute approximate surface area is 112 Å². The Morgan fingerprint density at radius 2 is 2.10 bits per heavy atom. The minimum absolute atomic E-state index is 0.0440. The van der Waals surface area contributed by atoms with E-state index in [2.05, 4.69) is 10.5 Å². The summed E-state index contributed by atoms with van der Waals surface area (Å²) in [5.41, 5.74) is 0.197. The van der Waals surface area contributed by atoms with Crippen LogP contribution in [0.25, 0.3) is 0 Å². The van der Waals surface area contributed by atoms with Gasteiger partial charge in [0, 0.05) is 18.2 Å². The fourth-order valence-corrected chi connectivity index (χ4v) is 1.79. The molecule has 0 radical (unpaired) electrons. The number of aromatic nitrogens is 1. The summed E-state index contributed by atoms with van der Waals surface area (Å²) in [4.78, 5) is 10.0. The van der Waals surface area contributed by atoms with E-state index < -0.39 is 27.9 Å². The van der Waals surface area contributed by atoms with Crippen molar-refractivity contribution in [2.75, 3.05) is 5.32 Å². The molecule has 0 fully saturated rings. The van der Waals surface area contributed by atoms with Crippen molar-refractivity contribution in [1.29, 1.82) is 0 Å². The SMILES string of the molecule is Cc1noc(C)c1CNc1c([N+](=O)[O-])ccc(F)c1F. The number of hydrogen-bond donors (Lipinski definition) is 1. The molecule has 1 aromatic heterocycles. The molecular weight excluding hydrogens is 272 g/mol. The Kier molecular flexibility index (Phi) is 3.64. The van der Waals surface area contributed by atoms with E-state index in [0.29, 0.717) is 23.1 Å². The van der Waals surface area contributed by atoms with Crippen LogP contribution in [0.2, 0.25) is 0 Å². The highest BCUT2D eigenvalue weighted by Crippen LogP contribution is 2.30. The third-order valence-corrected chi connectivity index (χ3v) is 2.89. The van der Waals surface area contributed by atoms with Crippen LogP contribution in [-0.4, -0.2) is 10.1 Å². The largest absolute Gasteiger partial charge is 0.373 e. The lowest BCUT2D eigenvalue weighted by Gasteiger charge is -2.08. The minimum atomic E-state index is -1.29. The zero-order valence-corrected chi connectivity index (χ0v) is 10.7. The van der Waals surface area contributed by atoms with Crippen molar-refractivity contribution in [2.45, 2.75) is 20.4 Å². The summed E-state index contributed by atoms with van der Waals surface area (Å²) in [7, 11) is 0. The van der Waals surface area contributed by atoms with Crippen LogP contribution >= 0.6 is 0 Å². The molecule has 0 aliphatic heterocycles. The average Bonchev–Trinajstić information content (AvgIpc) is 2.71. The molecule has 0 spiro atoms. The summed E-state index contributed by atoms with van der Waals surface area (Å²) in [6, 6.07) is 1.63. The Bertz CT molecular complexity index is 651. The summed E-state index contributed by atoms with van der Waals surface area (Å²) >= 11 is 0. The van der Waals surface area contributed by atoms with Crippen LogP contribution in [0.15, 0.2) is 16.7 Å². The number of hydrogen-bond acceptors (Lipinski definition) is 5. The third-order valence-electron chi connectivity index (χ3n) is 2.89. The molecule has 1 heterocycles. The van der Waals surface area contributed by atoms with Crippen molar-refractivity contribution in [2.24, 2.45) is 0 Å². The number of rotatable bonds is 4. The number of nitrogens with zero attached hydrogens (tertiary/aromatic N) is 2. The van der Waals surface area contributed by atoms with Gasteiger partial charge in [-0.05, 0) is 19.9 Å². The van der Waals surface area contributed by atoms with Gasteiger partial charge in [-0.25, -0.2) is 8.78 Å². The van der Waals surface area contributed by atoms with Crippen LogP contribution in [0.1, 0.15) is 17.0 Å². The number of nitro groups is 1. The van der Waals surface area contributed by atoms with Crippen molar-refractivity contribution >= 4 is 11.4 Å². The standard InChI is InChI=1S/C12H11F2N3O3/c1-6-8(7(2)20-16-6)5-15-12-10(17(18)19)4-3-9(13)11(12)14/h3-4,15H,5H2,1-2H3. The van der Waals surface area contributed by atoms with Gasteiger partial charge in [0.05, 0.1) is 10.6 Å². The molecule has 6 nitrogen and oxygen atoms in total. The molecule has 20 heavy (non-hydrogen) atoms. The maximum absolute atomic E-state index is 13.7. The lowest BCUT2D eigenvalue weighted by atomic mass is 10.2. The number of halogens is 2. The number of benzene rings is 1. The first-order chi connectivity index (χ1) is 9.41. The van der Waals surface area contributed by atoms with E-state index in [4.69, 9.17) is 4.52 Å². The molecule has 0 saturated heterocycles. The van der Waals surface area contributed by atoms with Gasteiger partial charge >= 0.3 is 0 Å². The summed E-state index contributed by atoms with van der Waals surface area (Å²) in [5.74, 6) is -1.93. The Hall–Kier alpha value is -2.51. The van der Waals surface area contributed by atoms with E-state index in [1.165, 1.54) is 0 Å². The summed E-state index contributed by atoms with van der Waals surface area (Å²) in [6.45, 7) is 3.39. The lowest BCUT2D eigenvalue weighted by molar-refractivity contribution is -0.384. The van der Waals surface area contributed by atoms with Gasteiger partial charge < -0.3 is 9.84 Å². The number of aryl methyl sites for hydroxylation is 2. The zero-order valence-electron chi connectivity index (χ0n) is 10.7. The second-order valence-electron chi connectivity index (χ2n) is 4.17. The van der Waals surface area contributed by atoms with Crippen molar-refractivity contribution in [1.82, 2.24) is 5.16 Å². The third kappa shape index (κ3) is 2.44. The second-order valence-corrected chi connectivity index (χ2v) is 4.17. The van der Waals surface area contributed by atoms with Crippen molar-refractivity contribution in [3.8, 4) is 0 Å². The van der Waals surface area contributed by atoms with Crippen LogP contribution in [-0.2, 0) is 6.54 Å². The summed E-state index contributed by atoms with van der Waals surface area (Å²) < 4.78 is 31.8. The van der Waals surface area contributed by atoms with Gasteiger partial charge in [0.2, 0.25) is 0 Å². The van der Waals surface area contributed by atoms with Crippen LogP contribution in [0.3, 0.4) is 0 Å². The summed E-state index contributed by atoms with van der Waals surface area (Å²) in [5, 5.41) is 17.1. The van der Waals surface area contributed by atoms with Crippen LogP contribution in [0.5, 0.6) is 0 Å². The van der Waals surface area contributed by atoms with Gasteiger partial charge in [-0.15, -0.1) is 0 Å². The normalized spacial score (nSPS) is 10.6. The van der Waals surface area contributed by atoms with E-state index in [0.717, 1.165) is 6.07 Å². The molecule has 8 heteroatoms. The number of anilines is 1. The maximum Gasteiger partial charge on any atom is 0.295 e.